The molecular weight excluding hydrogens is 536 g/mol. The van der Waals surface area contributed by atoms with Crippen LogP contribution in [0.2, 0.25) is 0 Å². The molecule has 228 valence electrons. The van der Waals surface area contributed by atoms with Gasteiger partial charge < -0.3 is 11.1 Å². The normalized spacial score (nSPS) is 43.0. The van der Waals surface area contributed by atoms with Gasteiger partial charge in [0, 0.05) is 35.1 Å². The molecule has 0 saturated heterocycles. The molecule has 7 atom stereocenters. The monoisotopic (exact) mass is 588 g/mol. The summed E-state index contributed by atoms with van der Waals surface area (Å²) >= 11 is 5.37. The number of hydrogen-bond acceptors (Lipinski definition) is 4. The number of aromatic amines is 1. The SMILES string of the molecule is CC1(C)CC[C@]2(C(=O)CC3=CC(=S)NC3)CC[C@]3(C)C(=CCC4[C@@]5(C)Cc6c(N)n[nH]c6C(C)(C)C5CC[C@]43C)C2C1. The second kappa shape index (κ2) is 8.82. The molecule has 3 saturated carbocycles. The van der Waals surface area contributed by atoms with Gasteiger partial charge in [-0.15, -0.1) is 0 Å². The summed E-state index contributed by atoms with van der Waals surface area (Å²) in [6.07, 6.45) is 15.3. The van der Waals surface area contributed by atoms with Gasteiger partial charge in [-0.05, 0) is 109 Å². The third-order valence-corrected chi connectivity index (χ3v) is 14.9. The summed E-state index contributed by atoms with van der Waals surface area (Å²) in [5.41, 5.74) is 12.3. The van der Waals surface area contributed by atoms with Gasteiger partial charge in [0.15, 0.2) is 0 Å². The van der Waals surface area contributed by atoms with Crippen molar-refractivity contribution in [2.75, 3.05) is 12.3 Å². The number of allylic oxidation sites excluding steroid dienone is 2. The van der Waals surface area contributed by atoms with Crippen LogP contribution in [0, 0.1) is 44.8 Å². The molecule has 5 aliphatic carbocycles. The zero-order valence-electron chi connectivity index (χ0n) is 27.0. The standard InChI is InChI=1S/C36H52N4OS/c1-31(2)12-14-36(27(41)16-21-17-28(42)38-20-21)15-13-34(6)23(24(36)19-31)8-9-26-33(5)18-22-29(39-40-30(22)37)32(3,4)25(33)10-11-35(26,34)7/h8,17,24-26H,9-16,18-20H2,1-7H3,(H,38,42)(H3,37,39,40)/t24?,25?,26?,33-,34+,35+,36-/m0/s1. The minimum atomic E-state index is -0.233. The predicted octanol–water partition coefficient (Wildman–Crippen LogP) is 7.62. The van der Waals surface area contributed by atoms with Crippen molar-refractivity contribution in [2.45, 2.75) is 118 Å². The molecular formula is C36H52N4OS. The highest BCUT2D eigenvalue weighted by Gasteiger charge is 2.69. The van der Waals surface area contributed by atoms with Crippen LogP contribution in [0.15, 0.2) is 23.3 Å². The highest BCUT2D eigenvalue weighted by molar-refractivity contribution is 7.80. The van der Waals surface area contributed by atoms with Crippen molar-refractivity contribution in [3.05, 3.63) is 34.6 Å². The van der Waals surface area contributed by atoms with Crippen molar-refractivity contribution in [1.82, 2.24) is 15.5 Å². The Labute approximate surface area is 258 Å². The lowest BCUT2D eigenvalue weighted by Crippen LogP contribution is -2.64. The van der Waals surface area contributed by atoms with Gasteiger partial charge in [0.25, 0.3) is 0 Å². The molecule has 2 heterocycles. The van der Waals surface area contributed by atoms with Crippen LogP contribution in [0.3, 0.4) is 0 Å². The van der Waals surface area contributed by atoms with Crippen LogP contribution in [-0.4, -0.2) is 27.5 Å². The third-order valence-electron chi connectivity index (χ3n) is 14.6. The maximum atomic E-state index is 14.4. The first-order valence-electron chi connectivity index (χ1n) is 16.6. The summed E-state index contributed by atoms with van der Waals surface area (Å²) in [7, 11) is 0. The lowest BCUT2D eigenvalue weighted by Gasteiger charge is -2.70. The Bertz CT molecular complexity index is 1430. The molecule has 7 rings (SSSR count). The fourth-order valence-electron chi connectivity index (χ4n) is 12.2. The van der Waals surface area contributed by atoms with E-state index in [0.717, 1.165) is 56.5 Å². The molecule has 42 heavy (non-hydrogen) atoms. The van der Waals surface area contributed by atoms with Crippen molar-refractivity contribution < 1.29 is 4.79 Å². The Morgan fingerprint density at radius 3 is 2.50 bits per heavy atom. The number of ketones is 1. The molecule has 3 fully saturated rings. The molecule has 1 aromatic rings. The first-order valence-corrected chi connectivity index (χ1v) is 17.0. The van der Waals surface area contributed by atoms with Gasteiger partial charge >= 0.3 is 0 Å². The van der Waals surface area contributed by atoms with Crippen molar-refractivity contribution >= 4 is 28.8 Å². The average Bonchev–Trinajstić information content (AvgIpc) is 3.48. The summed E-state index contributed by atoms with van der Waals surface area (Å²) in [4.78, 5) is 15.2. The molecule has 4 N–H and O–H groups in total. The summed E-state index contributed by atoms with van der Waals surface area (Å²) in [6, 6.07) is 0. The quantitative estimate of drug-likeness (QED) is 0.250. The van der Waals surface area contributed by atoms with Gasteiger partial charge in [0.05, 0.1) is 4.99 Å². The number of Topliss-reactive ketones (excluding diaryl/α,β-unsaturated/α-hetero) is 1. The number of carbonyl (C=O) groups is 1. The second-order valence-corrected chi connectivity index (χ2v) is 17.8. The van der Waals surface area contributed by atoms with Crippen LogP contribution in [0.5, 0.6) is 0 Å². The molecule has 1 aliphatic heterocycles. The molecule has 1 aromatic heterocycles. The van der Waals surface area contributed by atoms with E-state index in [0.29, 0.717) is 35.8 Å². The van der Waals surface area contributed by atoms with E-state index < -0.39 is 0 Å². The number of aromatic nitrogens is 2. The van der Waals surface area contributed by atoms with Gasteiger partial charge in [-0.25, -0.2) is 0 Å². The Kier molecular flexibility index (Phi) is 6.05. The molecule has 0 spiro atoms. The van der Waals surface area contributed by atoms with Gasteiger partial charge in [-0.1, -0.05) is 72.3 Å². The minimum absolute atomic E-state index is 0.0206. The third kappa shape index (κ3) is 3.62. The predicted molar refractivity (Wildman–Crippen MR) is 174 cm³/mol. The number of nitrogen functional groups attached to an aromatic ring is 1. The average molecular weight is 589 g/mol. The molecule has 6 heteroatoms. The van der Waals surface area contributed by atoms with E-state index in [-0.39, 0.29) is 32.5 Å². The fraction of sp³-hybridized carbons (Fsp3) is 0.750. The Balaban J connectivity index is 1.30. The minimum Gasteiger partial charge on any atom is -0.382 e. The zero-order chi connectivity index (χ0) is 30.1. The van der Waals surface area contributed by atoms with Crippen LogP contribution in [0.25, 0.3) is 0 Å². The smallest absolute Gasteiger partial charge is 0.148 e. The van der Waals surface area contributed by atoms with E-state index in [1.807, 2.05) is 6.08 Å². The summed E-state index contributed by atoms with van der Waals surface area (Å²) in [5.74, 6) is 2.68. The largest absolute Gasteiger partial charge is 0.382 e. The number of nitrogens with one attached hydrogen (secondary N) is 2. The summed E-state index contributed by atoms with van der Waals surface area (Å²) < 4.78 is 0. The van der Waals surface area contributed by atoms with E-state index in [1.165, 1.54) is 29.7 Å². The van der Waals surface area contributed by atoms with E-state index in [4.69, 9.17) is 18.0 Å². The summed E-state index contributed by atoms with van der Waals surface area (Å²) in [5, 5.41) is 11.1. The number of nitrogens with zero attached hydrogens (tertiary/aromatic N) is 1. The number of carbonyl (C=O) groups excluding carboxylic acids is 1. The first-order chi connectivity index (χ1) is 19.6. The maximum absolute atomic E-state index is 14.4. The lowest BCUT2D eigenvalue weighted by molar-refractivity contribution is -0.166. The van der Waals surface area contributed by atoms with E-state index in [9.17, 15) is 4.79 Å². The highest BCUT2D eigenvalue weighted by Crippen LogP contribution is 2.75. The number of rotatable bonds is 3. The molecule has 0 radical (unpaired) electrons. The Morgan fingerprint density at radius 1 is 1.05 bits per heavy atom. The van der Waals surface area contributed by atoms with Crippen molar-refractivity contribution in [3.63, 3.8) is 0 Å². The number of nitrogens with two attached hydrogens (primary N) is 1. The fourth-order valence-corrected chi connectivity index (χ4v) is 12.4. The molecule has 0 amide bonds. The number of hydrogen-bond donors (Lipinski definition) is 3. The molecule has 0 bridgehead atoms. The molecule has 6 aliphatic rings. The van der Waals surface area contributed by atoms with Crippen molar-refractivity contribution in [2.24, 2.45) is 44.8 Å². The van der Waals surface area contributed by atoms with Gasteiger partial charge in [0.2, 0.25) is 0 Å². The van der Waals surface area contributed by atoms with Crippen LogP contribution in [0.1, 0.15) is 118 Å². The first kappa shape index (κ1) is 28.8. The van der Waals surface area contributed by atoms with Crippen LogP contribution in [-0.2, 0) is 16.6 Å². The van der Waals surface area contributed by atoms with E-state index in [2.05, 4.69) is 70.1 Å². The number of H-pyrrole nitrogens is 1. The topological polar surface area (TPSA) is 83.8 Å². The maximum Gasteiger partial charge on any atom is 0.148 e. The molecule has 0 aromatic carbocycles. The van der Waals surface area contributed by atoms with Crippen LogP contribution >= 0.6 is 12.2 Å². The van der Waals surface area contributed by atoms with E-state index >= 15 is 0 Å². The van der Waals surface area contributed by atoms with Gasteiger partial charge in [-0.2, -0.15) is 5.10 Å². The van der Waals surface area contributed by atoms with Crippen LogP contribution < -0.4 is 11.1 Å². The second-order valence-electron chi connectivity index (χ2n) is 17.4. The van der Waals surface area contributed by atoms with Crippen LogP contribution in [0.4, 0.5) is 5.82 Å². The highest BCUT2D eigenvalue weighted by atomic mass is 32.1. The number of fused-ring (bicyclic) bond motifs is 8. The lowest BCUT2D eigenvalue weighted by atomic mass is 9.33. The Hall–Kier alpha value is -1.95. The molecule has 3 unspecified atom stereocenters. The van der Waals surface area contributed by atoms with Gasteiger partial charge in [-0.3, -0.25) is 9.89 Å². The number of thiocarbonyl (C=S) groups is 1. The Morgan fingerprint density at radius 2 is 1.79 bits per heavy atom. The number of anilines is 1. The zero-order valence-corrected chi connectivity index (χ0v) is 27.8. The summed E-state index contributed by atoms with van der Waals surface area (Å²) in [6.45, 7) is 18.3. The van der Waals surface area contributed by atoms with Crippen molar-refractivity contribution in [1.29, 1.82) is 0 Å². The van der Waals surface area contributed by atoms with Gasteiger partial charge in [0.1, 0.15) is 11.6 Å². The van der Waals surface area contributed by atoms with Crippen molar-refractivity contribution in [3.8, 4) is 0 Å². The van der Waals surface area contributed by atoms with E-state index in [1.54, 1.807) is 5.57 Å². The molecule has 5 nitrogen and oxygen atoms in total.